The summed E-state index contributed by atoms with van der Waals surface area (Å²) in [4.78, 5) is -0.151. The first-order valence-corrected chi connectivity index (χ1v) is 8.08. The van der Waals surface area contributed by atoms with Crippen molar-refractivity contribution in [3.63, 3.8) is 0 Å². The van der Waals surface area contributed by atoms with E-state index in [0.717, 1.165) is 6.07 Å². The average molecular weight is 398 g/mol. The molecule has 3 N–H and O–H groups in total. The molecule has 0 aromatic heterocycles. The van der Waals surface area contributed by atoms with E-state index < -0.39 is 27.3 Å². The maximum Gasteiger partial charge on any atom is 0.262 e. The molecule has 0 atom stereocenters. The van der Waals surface area contributed by atoms with E-state index >= 15 is 0 Å². The summed E-state index contributed by atoms with van der Waals surface area (Å²) in [7, 11) is -4.09. The molecule has 0 saturated heterocycles. The predicted molar refractivity (Wildman–Crippen MR) is 80.7 cm³/mol. The molecule has 9 heteroatoms. The molecule has 0 aliphatic rings. The Labute approximate surface area is 133 Å². The second kappa shape index (κ2) is 5.78. The molecule has 2 rings (SSSR count). The van der Waals surface area contributed by atoms with Crippen LogP contribution in [-0.2, 0) is 10.0 Å². The Kier molecular flexibility index (Phi) is 4.40. The van der Waals surface area contributed by atoms with Gasteiger partial charge in [0, 0.05) is 10.5 Å². The quantitative estimate of drug-likeness (QED) is 0.775. The van der Waals surface area contributed by atoms with E-state index in [4.69, 9.17) is 17.3 Å². The monoisotopic (exact) mass is 396 g/mol. The zero-order valence-electron chi connectivity index (χ0n) is 10.2. The fourth-order valence-corrected chi connectivity index (χ4v) is 3.31. The predicted octanol–water partition coefficient (Wildman–Crippen LogP) is 3.76. The average Bonchev–Trinajstić information content (AvgIpc) is 2.37. The lowest BCUT2D eigenvalue weighted by Gasteiger charge is -2.12. The Morgan fingerprint density at radius 1 is 1.19 bits per heavy atom. The third-order valence-electron chi connectivity index (χ3n) is 2.52. The number of nitrogens with one attached hydrogen (secondary N) is 1. The van der Waals surface area contributed by atoms with Gasteiger partial charge in [0.05, 0.1) is 15.6 Å². The largest absolute Gasteiger partial charge is 0.397 e. The molecule has 4 nitrogen and oxygen atoms in total. The Hall–Kier alpha value is -1.38. The number of benzene rings is 2. The van der Waals surface area contributed by atoms with E-state index in [1.807, 2.05) is 4.72 Å². The molecule has 0 heterocycles. The van der Waals surface area contributed by atoms with Gasteiger partial charge in [-0.15, -0.1) is 0 Å². The molecule has 0 spiro atoms. The van der Waals surface area contributed by atoms with Crippen molar-refractivity contribution < 1.29 is 17.2 Å². The highest BCUT2D eigenvalue weighted by Crippen LogP contribution is 2.29. The highest BCUT2D eigenvalue weighted by atomic mass is 79.9. The fraction of sp³-hybridized carbons (Fsp3) is 0. The smallest absolute Gasteiger partial charge is 0.262 e. The van der Waals surface area contributed by atoms with Crippen LogP contribution in [0.3, 0.4) is 0 Å². The first-order valence-electron chi connectivity index (χ1n) is 5.43. The van der Waals surface area contributed by atoms with Gasteiger partial charge in [0.15, 0.2) is 5.82 Å². The minimum Gasteiger partial charge on any atom is -0.397 e. The molecule has 2 aromatic rings. The second-order valence-electron chi connectivity index (χ2n) is 4.03. The van der Waals surface area contributed by atoms with Crippen LogP contribution in [0.15, 0.2) is 39.7 Å². The molecular weight excluding hydrogens is 390 g/mol. The summed E-state index contributed by atoms with van der Waals surface area (Å²) in [5.41, 5.74) is 4.56. The van der Waals surface area contributed by atoms with Crippen LogP contribution < -0.4 is 10.5 Å². The topological polar surface area (TPSA) is 72.2 Å². The summed E-state index contributed by atoms with van der Waals surface area (Å²) < 4.78 is 53.2. The van der Waals surface area contributed by atoms with Gasteiger partial charge in [-0.3, -0.25) is 4.72 Å². The van der Waals surface area contributed by atoms with Crippen LogP contribution in [0.25, 0.3) is 0 Å². The van der Waals surface area contributed by atoms with Crippen LogP contribution in [0.4, 0.5) is 20.2 Å². The van der Waals surface area contributed by atoms with E-state index in [9.17, 15) is 17.2 Å². The van der Waals surface area contributed by atoms with Crippen LogP contribution in [-0.4, -0.2) is 8.42 Å². The van der Waals surface area contributed by atoms with Crippen LogP contribution in [0.5, 0.6) is 0 Å². The fourth-order valence-electron chi connectivity index (χ4n) is 1.54. The van der Waals surface area contributed by atoms with Gasteiger partial charge in [-0.2, -0.15) is 0 Å². The third-order valence-corrected chi connectivity index (χ3v) is 5.08. The summed E-state index contributed by atoms with van der Waals surface area (Å²) in [5.74, 6) is -2.01. The number of nitrogens with two attached hydrogens (primary N) is 1. The summed E-state index contributed by atoms with van der Waals surface area (Å²) >= 11 is 8.86. The lowest BCUT2D eigenvalue weighted by atomic mass is 10.2. The van der Waals surface area contributed by atoms with Gasteiger partial charge in [-0.05, 0) is 40.2 Å². The van der Waals surface area contributed by atoms with Gasteiger partial charge >= 0.3 is 0 Å². The molecule has 0 unspecified atom stereocenters. The maximum atomic E-state index is 13.6. The van der Waals surface area contributed by atoms with Crippen molar-refractivity contribution in [2.75, 3.05) is 10.5 Å². The number of hydrogen-bond donors (Lipinski definition) is 2. The number of halogens is 4. The van der Waals surface area contributed by atoms with Crippen molar-refractivity contribution in [2.45, 2.75) is 4.90 Å². The van der Waals surface area contributed by atoms with Gasteiger partial charge in [0.25, 0.3) is 10.0 Å². The molecule has 0 radical (unpaired) electrons. The normalized spacial score (nSPS) is 11.4. The Bertz CT molecular complexity index is 792. The van der Waals surface area contributed by atoms with Gasteiger partial charge in [-0.1, -0.05) is 11.6 Å². The standard InChI is InChI=1S/C12H8BrClF2N2O2S/c13-8-5-7(1-2-9(8)14)21(19,20)18-12-10(16)3-6(15)4-11(12)17/h1-5,18H,17H2. The zero-order valence-corrected chi connectivity index (χ0v) is 13.4. The minimum atomic E-state index is -4.09. The van der Waals surface area contributed by atoms with Crippen molar-refractivity contribution in [2.24, 2.45) is 0 Å². The minimum absolute atomic E-state index is 0.151. The molecule has 0 bridgehead atoms. The van der Waals surface area contributed by atoms with Crippen LogP contribution in [0, 0.1) is 11.6 Å². The van der Waals surface area contributed by atoms with Crippen molar-refractivity contribution in [1.82, 2.24) is 0 Å². The summed E-state index contributed by atoms with van der Waals surface area (Å²) in [6.07, 6.45) is 0. The van der Waals surface area contributed by atoms with Gasteiger partial charge in [0.1, 0.15) is 11.5 Å². The van der Waals surface area contributed by atoms with Gasteiger partial charge < -0.3 is 5.73 Å². The molecule has 0 fully saturated rings. The van der Waals surface area contributed by atoms with Gasteiger partial charge in [0.2, 0.25) is 0 Å². The van der Waals surface area contributed by atoms with Crippen LogP contribution >= 0.6 is 27.5 Å². The highest BCUT2D eigenvalue weighted by molar-refractivity contribution is 9.10. The van der Waals surface area contributed by atoms with E-state index in [-0.39, 0.29) is 10.6 Å². The summed E-state index contributed by atoms with van der Waals surface area (Å²) in [6.45, 7) is 0. The number of hydrogen-bond acceptors (Lipinski definition) is 3. The second-order valence-corrected chi connectivity index (χ2v) is 6.98. The third kappa shape index (κ3) is 3.45. The highest BCUT2D eigenvalue weighted by Gasteiger charge is 2.19. The summed E-state index contributed by atoms with van der Waals surface area (Å²) in [5, 5.41) is 0.321. The molecule has 112 valence electrons. The molecule has 21 heavy (non-hydrogen) atoms. The molecule has 0 aliphatic heterocycles. The Balaban J connectivity index is 2.44. The Morgan fingerprint density at radius 2 is 1.86 bits per heavy atom. The molecule has 2 aromatic carbocycles. The summed E-state index contributed by atoms with van der Waals surface area (Å²) in [6, 6.07) is 5.21. The van der Waals surface area contributed by atoms with Crippen molar-refractivity contribution in [1.29, 1.82) is 0 Å². The van der Waals surface area contributed by atoms with Crippen molar-refractivity contribution in [3.8, 4) is 0 Å². The molecular formula is C12H8BrClF2N2O2S. The van der Waals surface area contributed by atoms with E-state index in [0.29, 0.717) is 15.6 Å². The lowest BCUT2D eigenvalue weighted by Crippen LogP contribution is -2.15. The molecule has 0 saturated carbocycles. The number of nitrogen functional groups attached to an aromatic ring is 1. The van der Waals surface area contributed by atoms with E-state index in [2.05, 4.69) is 15.9 Å². The zero-order chi connectivity index (χ0) is 15.8. The Morgan fingerprint density at radius 3 is 2.43 bits per heavy atom. The van der Waals surface area contributed by atoms with Crippen LogP contribution in [0.1, 0.15) is 0 Å². The molecule has 0 aliphatic carbocycles. The first-order chi connectivity index (χ1) is 9.70. The number of rotatable bonds is 3. The van der Waals surface area contributed by atoms with E-state index in [1.165, 1.54) is 18.2 Å². The molecule has 0 amide bonds. The van der Waals surface area contributed by atoms with Crippen molar-refractivity contribution >= 4 is 48.9 Å². The SMILES string of the molecule is Nc1cc(F)cc(F)c1NS(=O)(=O)c1ccc(Cl)c(Br)c1. The van der Waals surface area contributed by atoms with Crippen LogP contribution in [0.2, 0.25) is 5.02 Å². The van der Waals surface area contributed by atoms with E-state index in [1.54, 1.807) is 0 Å². The maximum absolute atomic E-state index is 13.6. The lowest BCUT2D eigenvalue weighted by molar-refractivity contribution is 0.583. The number of sulfonamides is 1. The first kappa shape index (κ1) is 16.0. The number of anilines is 2. The van der Waals surface area contributed by atoms with Crippen molar-refractivity contribution in [3.05, 3.63) is 51.5 Å². The van der Waals surface area contributed by atoms with Gasteiger partial charge in [-0.25, -0.2) is 17.2 Å².